The molecule has 5 heteroatoms. The number of anilines is 1. The number of rotatable bonds is 6. The average Bonchev–Trinajstić information content (AvgIpc) is 3.09. The topological polar surface area (TPSA) is 48.4 Å². The molecule has 0 saturated carbocycles. The number of piperidine rings is 1. The lowest BCUT2D eigenvalue weighted by atomic mass is 9.97. The molecule has 0 aliphatic carbocycles. The standard InChI is InChI=1S/C17H23N3OS/c21-11-15-5-7-20(8-6-15)17-3-1-14(2-4-17)9-18-10-16-12-22-13-19-16/h1-4,12-13,15,18,21H,5-11H2. The summed E-state index contributed by atoms with van der Waals surface area (Å²) in [6.07, 6.45) is 2.18. The van der Waals surface area contributed by atoms with Gasteiger partial charge in [-0.1, -0.05) is 12.1 Å². The molecule has 3 rings (SSSR count). The minimum atomic E-state index is 0.331. The van der Waals surface area contributed by atoms with E-state index in [1.54, 1.807) is 11.3 Å². The summed E-state index contributed by atoms with van der Waals surface area (Å²) in [6, 6.07) is 8.81. The fourth-order valence-corrected chi connectivity index (χ4v) is 3.42. The molecule has 4 nitrogen and oxygen atoms in total. The van der Waals surface area contributed by atoms with E-state index >= 15 is 0 Å². The molecule has 2 aromatic rings. The highest BCUT2D eigenvalue weighted by Gasteiger charge is 2.18. The first-order valence-corrected chi connectivity index (χ1v) is 8.82. The maximum absolute atomic E-state index is 9.21. The Kier molecular flexibility index (Phi) is 5.43. The number of hydrogen-bond acceptors (Lipinski definition) is 5. The fraction of sp³-hybridized carbons (Fsp3) is 0.471. The van der Waals surface area contributed by atoms with E-state index < -0.39 is 0 Å². The molecule has 1 aromatic heterocycles. The van der Waals surface area contributed by atoms with Gasteiger partial charge in [0.25, 0.3) is 0 Å². The summed E-state index contributed by atoms with van der Waals surface area (Å²) < 4.78 is 0. The molecule has 0 radical (unpaired) electrons. The van der Waals surface area contributed by atoms with Gasteiger partial charge in [-0.3, -0.25) is 0 Å². The molecule has 22 heavy (non-hydrogen) atoms. The molecule has 1 aliphatic rings. The maximum atomic E-state index is 9.21. The molecule has 1 fully saturated rings. The maximum Gasteiger partial charge on any atom is 0.0795 e. The van der Waals surface area contributed by atoms with Gasteiger partial charge in [-0.05, 0) is 36.5 Å². The second-order valence-electron chi connectivity index (χ2n) is 5.86. The first-order valence-electron chi connectivity index (χ1n) is 7.87. The summed E-state index contributed by atoms with van der Waals surface area (Å²) in [5.41, 5.74) is 5.56. The molecule has 1 saturated heterocycles. The largest absolute Gasteiger partial charge is 0.396 e. The smallest absolute Gasteiger partial charge is 0.0795 e. The molecule has 1 aromatic carbocycles. The Morgan fingerprint density at radius 3 is 2.59 bits per heavy atom. The summed E-state index contributed by atoms with van der Waals surface area (Å²) in [7, 11) is 0. The zero-order valence-corrected chi connectivity index (χ0v) is 13.6. The number of thiazole rings is 1. The van der Waals surface area contributed by atoms with Gasteiger partial charge in [-0.2, -0.15) is 0 Å². The van der Waals surface area contributed by atoms with Gasteiger partial charge in [0.05, 0.1) is 11.2 Å². The minimum absolute atomic E-state index is 0.331. The minimum Gasteiger partial charge on any atom is -0.396 e. The molecular formula is C17H23N3OS. The zero-order chi connectivity index (χ0) is 15.2. The van der Waals surface area contributed by atoms with Crippen molar-refractivity contribution in [3.05, 3.63) is 46.4 Å². The van der Waals surface area contributed by atoms with E-state index in [4.69, 9.17) is 0 Å². The van der Waals surface area contributed by atoms with E-state index in [2.05, 4.69) is 44.8 Å². The highest BCUT2D eigenvalue weighted by molar-refractivity contribution is 7.07. The SMILES string of the molecule is OCC1CCN(c2ccc(CNCc3cscn3)cc2)CC1. The van der Waals surface area contributed by atoms with Crippen molar-refractivity contribution >= 4 is 17.0 Å². The summed E-state index contributed by atoms with van der Waals surface area (Å²) in [5.74, 6) is 0.491. The quantitative estimate of drug-likeness (QED) is 0.860. The van der Waals surface area contributed by atoms with Crippen molar-refractivity contribution < 1.29 is 5.11 Å². The van der Waals surface area contributed by atoms with E-state index in [1.807, 2.05) is 5.51 Å². The van der Waals surface area contributed by atoms with Gasteiger partial charge < -0.3 is 15.3 Å². The lowest BCUT2D eigenvalue weighted by Gasteiger charge is -2.33. The van der Waals surface area contributed by atoms with Crippen molar-refractivity contribution in [3.63, 3.8) is 0 Å². The third-order valence-corrected chi connectivity index (χ3v) is 4.93. The number of hydrogen-bond donors (Lipinski definition) is 2. The predicted octanol–water partition coefficient (Wildman–Crippen LogP) is 2.64. The van der Waals surface area contributed by atoms with Crippen molar-refractivity contribution in [1.29, 1.82) is 0 Å². The molecule has 2 N–H and O–H groups in total. The molecule has 0 unspecified atom stereocenters. The van der Waals surface area contributed by atoms with Crippen molar-refractivity contribution in [3.8, 4) is 0 Å². The van der Waals surface area contributed by atoms with E-state index in [-0.39, 0.29) is 0 Å². The van der Waals surface area contributed by atoms with Gasteiger partial charge in [-0.25, -0.2) is 4.98 Å². The van der Waals surface area contributed by atoms with Crippen molar-refractivity contribution in [2.45, 2.75) is 25.9 Å². The molecule has 1 aliphatic heterocycles. The molecule has 0 atom stereocenters. The highest BCUT2D eigenvalue weighted by Crippen LogP contribution is 2.23. The van der Waals surface area contributed by atoms with Crippen LogP contribution in [-0.4, -0.2) is 29.8 Å². The number of aliphatic hydroxyl groups is 1. The van der Waals surface area contributed by atoms with Crippen LogP contribution in [0, 0.1) is 5.92 Å². The van der Waals surface area contributed by atoms with Gasteiger partial charge in [0.1, 0.15) is 0 Å². The summed E-state index contributed by atoms with van der Waals surface area (Å²) in [5, 5.41) is 14.7. The van der Waals surface area contributed by atoms with Gasteiger partial charge in [0.2, 0.25) is 0 Å². The number of nitrogens with one attached hydrogen (secondary N) is 1. The summed E-state index contributed by atoms with van der Waals surface area (Å²) >= 11 is 1.63. The second-order valence-corrected chi connectivity index (χ2v) is 6.58. The lowest BCUT2D eigenvalue weighted by Crippen LogP contribution is -2.34. The van der Waals surface area contributed by atoms with Crippen LogP contribution in [0.1, 0.15) is 24.1 Å². The molecule has 0 bridgehead atoms. The Labute approximate surface area is 135 Å². The van der Waals surface area contributed by atoms with Crippen molar-refractivity contribution in [2.75, 3.05) is 24.6 Å². The van der Waals surface area contributed by atoms with Crippen LogP contribution in [0.5, 0.6) is 0 Å². The first kappa shape index (κ1) is 15.5. The average molecular weight is 317 g/mol. The zero-order valence-electron chi connectivity index (χ0n) is 12.7. The predicted molar refractivity (Wildman–Crippen MR) is 91.1 cm³/mol. The summed E-state index contributed by atoms with van der Waals surface area (Å²) in [6.45, 7) is 4.11. The normalized spacial score (nSPS) is 16.1. The Bertz CT molecular complexity index is 548. The fourth-order valence-electron chi connectivity index (χ4n) is 2.86. The third-order valence-electron chi connectivity index (χ3n) is 4.29. The Balaban J connectivity index is 1.48. The van der Waals surface area contributed by atoms with E-state index in [0.717, 1.165) is 44.7 Å². The molecule has 2 heterocycles. The van der Waals surface area contributed by atoms with Gasteiger partial charge >= 0.3 is 0 Å². The van der Waals surface area contributed by atoms with E-state index in [0.29, 0.717) is 12.5 Å². The second kappa shape index (κ2) is 7.72. The van der Waals surface area contributed by atoms with Crippen LogP contribution in [0.4, 0.5) is 5.69 Å². The van der Waals surface area contributed by atoms with Gasteiger partial charge in [0.15, 0.2) is 0 Å². The Morgan fingerprint density at radius 1 is 1.18 bits per heavy atom. The lowest BCUT2D eigenvalue weighted by molar-refractivity contribution is 0.203. The van der Waals surface area contributed by atoms with Crippen LogP contribution < -0.4 is 10.2 Å². The van der Waals surface area contributed by atoms with E-state index in [1.165, 1.54) is 11.3 Å². The number of aliphatic hydroxyl groups excluding tert-OH is 1. The van der Waals surface area contributed by atoms with Crippen LogP contribution in [0.25, 0.3) is 0 Å². The third kappa shape index (κ3) is 4.06. The van der Waals surface area contributed by atoms with Gasteiger partial charge in [-0.15, -0.1) is 11.3 Å². The van der Waals surface area contributed by atoms with Crippen LogP contribution in [0.15, 0.2) is 35.2 Å². The van der Waals surface area contributed by atoms with Crippen LogP contribution in [0.2, 0.25) is 0 Å². The van der Waals surface area contributed by atoms with Crippen molar-refractivity contribution in [2.24, 2.45) is 5.92 Å². The van der Waals surface area contributed by atoms with Crippen LogP contribution in [0.3, 0.4) is 0 Å². The van der Waals surface area contributed by atoms with Crippen LogP contribution in [-0.2, 0) is 13.1 Å². The van der Waals surface area contributed by atoms with Crippen molar-refractivity contribution in [1.82, 2.24) is 10.3 Å². The summed E-state index contributed by atoms with van der Waals surface area (Å²) in [4.78, 5) is 6.68. The van der Waals surface area contributed by atoms with Crippen LogP contribution >= 0.6 is 11.3 Å². The monoisotopic (exact) mass is 317 g/mol. The van der Waals surface area contributed by atoms with E-state index in [9.17, 15) is 5.11 Å². The van der Waals surface area contributed by atoms with Gasteiger partial charge in [0, 0.05) is 43.9 Å². The Morgan fingerprint density at radius 2 is 1.95 bits per heavy atom. The molecular weight excluding hydrogens is 294 g/mol. The first-order chi connectivity index (χ1) is 10.8. The molecule has 0 amide bonds. The highest BCUT2D eigenvalue weighted by atomic mass is 32.1. The molecule has 0 spiro atoms. The Hall–Kier alpha value is -1.43. The molecule has 118 valence electrons. The number of benzene rings is 1. The number of aromatic nitrogens is 1. The number of nitrogens with zero attached hydrogens (tertiary/aromatic N) is 2.